The highest BCUT2D eigenvalue weighted by molar-refractivity contribution is 7.05. The molecular formula is C24H19ClF3N7O3S. The fraction of sp³-hybridized carbons (Fsp3) is 0.167. The van der Waals surface area contributed by atoms with Crippen LogP contribution in [0.5, 0.6) is 0 Å². The number of fused-ring (bicyclic) bond motifs is 1. The molecule has 0 aliphatic heterocycles. The minimum absolute atomic E-state index is 0.221. The molecule has 0 saturated carbocycles. The van der Waals surface area contributed by atoms with Gasteiger partial charge in [0.25, 0.3) is 5.91 Å². The summed E-state index contributed by atoms with van der Waals surface area (Å²) < 4.78 is 37.8. The molecule has 0 atom stereocenters. The highest BCUT2D eigenvalue weighted by Gasteiger charge is 2.38. The number of anilines is 1. The van der Waals surface area contributed by atoms with Crippen LogP contribution in [0, 0.1) is 6.92 Å². The number of aliphatic carboxylic acids is 1. The van der Waals surface area contributed by atoms with E-state index in [4.69, 9.17) is 21.5 Å². The van der Waals surface area contributed by atoms with Gasteiger partial charge in [0.1, 0.15) is 10.7 Å². The van der Waals surface area contributed by atoms with Gasteiger partial charge in [-0.05, 0) is 48.3 Å². The van der Waals surface area contributed by atoms with Gasteiger partial charge in [-0.15, -0.1) is 0 Å². The molecule has 3 heterocycles. The number of H-pyrrole nitrogens is 1. The van der Waals surface area contributed by atoms with E-state index in [2.05, 4.69) is 30.0 Å². The van der Waals surface area contributed by atoms with Crippen LogP contribution in [0.1, 0.15) is 26.8 Å². The molecule has 3 N–H and O–H groups in total. The summed E-state index contributed by atoms with van der Waals surface area (Å²) in [6.07, 6.45) is -2.78. The molecule has 3 aromatic heterocycles. The van der Waals surface area contributed by atoms with E-state index in [0.717, 1.165) is 32.7 Å². The molecule has 0 fully saturated rings. The first-order valence-corrected chi connectivity index (χ1v) is 12.2. The molecule has 0 radical (unpaired) electrons. The van der Waals surface area contributed by atoms with Crippen molar-refractivity contribution in [2.75, 3.05) is 5.32 Å². The number of aromatic amines is 1. The highest BCUT2D eigenvalue weighted by atomic mass is 35.5. The number of alkyl halides is 3. The fourth-order valence-electron chi connectivity index (χ4n) is 3.53. The maximum atomic E-state index is 12.6. The number of benzene rings is 2. The summed E-state index contributed by atoms with van der Waals surface area (Å²) in [5, 5.41) is 23.6. The number of hydrogen-bond acceptors (Lipinski definition) is 7. The van der Waals surface area contributed by atoms with E-state index in [0.29, 0.717) is 28.6 Å². The van der Waals surface area contributed by atoms with Crippen molar-refractivity contribution in [2.24, 2.45) is 7.05 Å². The van der Waals surface area contributed by atoms with Crippen molar-refractivity contribution in [1.82, 2.24) is 29.3 Å². The average molecular weight is 578 g/mol. The molecule has 202 valence electrons. The molecule has 1 amide bonds. The topological polar surface area (TPSA) is 139 Å². The lowest BCUT2D eigenvalue weighted by Crippen LogP contribution is -2.21. The number of carboxylic acid groups (broad SMARTS) is 1. The minimum atomic E-state index is -5.08. The Morgan fingerprint density at radius 3 is 2.62 bits per heavy atom. The maximum absolute atomic E-state index is 12.6. The first-order chi connectivity index (χ1) is 18.4. The lowest BCUT2D eigenvalue weighted by molar-refractivity contribution is -0.192. The maximum Gasteiger partial charge on any atom is 0.490 e. The van der Waals surface area contributed by atoms with E-state index in [9.17, 15) is 18.0 Å². The van der Waals surface area contributed by atoms with Gasteiger partial charge in [-0.3, -0.25) is 14.6 Å². The summed E-state index contributed by atoms with van der Waals surface area (Å²) >= 11 is 7.87. The van der Waals surface area contributed by atoms with Gasteiger partial charge in [-0.25, -0.2) is 9.78 Å². The SMILES string of the molecule is Cc1cc(C(=O)Nc2cccc(-c3nsc(Cc4ccc5[nH]ncc5c4Cl)n3)c2)n(C)n1.O=C(O)C(F)(F)F. The van der Waals surface area contributed by atoms with Gasteiger partial charge in [-0.2, -0.15) is 27.7 Å². The number of rotatable bonds is 5. The number of amides is 1. The van der Waals surface area contributed by atoms with Gasteiger partial charge in [0.15, 0.2) is 5.82 Å². The lowest BCUT2D eigenvalue weighted by Gasteiger charge is -2.06. The van der Waals surface area contributed by atoms with E-state index < -0.39 is 12.1 Å². The number of aryl methyl sites for hydroxylation is 2. The molecule has 5 rings (SSSR count). The number of carbonyl (C=O) groups excluding carboxylic acids is 1. The second-order valence-electron chi connectivity index (χ2n) is 8.19. The number of aromatic nitrogens is 6. The van der Waals surface area contributed by atoms with Gasteiger partial charge in [0.05, 0.1) is 22.4 Å². The molecule has 0 aliphatic carbocycles. The molecule has 2 aromatic carbocycles. The molecule has 0 bridgehead atoms. The smallest absolute Gasteiger partial charge is 0.475 e. The van der Waals surface area contributed by atoms with E-state index in [1.807, 2.05) is 43.3 Å². The predicted molar refractivity (Wildman–Crippen MR) is 139 cm³/mol. The molecule has 15 heteroatoms. The zero-order valence-electron chi connectivity index (χ0n) is 20.2. The fourth-order valence-corrected chi connectivity index (χ4v) is 4.49. The number of halogens is 4. The summed E-state index contributed by atoms with van der Waals surface area (Å²) in [4.78, 5) is 26.2. The summed E-state index contributed by atoms with van der Waals surface area (Å²) in [6.45, 7) is 1.85. The van der Waals surface area contributed by atoms with Crippen LogP contribution in [-0.2, 0) is 18.3 Å². The third kappa shape index (κ3) is 6.59. The van der Waals surface area contributed by atoms with Gasteiger partial charge in [0.2, 0.25) is 0 Å². The van der Waals surface area contributed by atoms with Crippen LogP contribution in [-0.4, -0.2) is 52.5 Å². The summed E-state index contributed by atoms with van der Waals surface area (Å²) in [7, 11) is 1.75. The molecule has 5 aromatic rings. The summed E-state index contributed by atoms with van der Waals surface area (Å²) in [6, 6.07) is 13.2. The Kier molecular flexibility index (Phi) is 7.97. The molecule has 0 saturated heterocycles. The molecule has 39 heavy (non-hydrogen) atoms. The number of nitrogens with zero attached hydrogens (tertiary/aromatic N) is 5. The van der Waals surface area contributed by atoms with Crippen LogP contribution in [0.25, 0.3) is 22.3 Å². The van der Waals surface area contributed by atoms with Gasteiger partial charge in [-0.1, -0.05) is 29.8 Å². The standard InChI is InChI=1S/C22H18ClN7OS.C2HF3O2/c1-12-8-18(30(2)28-12)22(31)25-15-5-3-4-14(9-15)21-26-19(32-29-21)10-13-6-7-17-16(20(13)23)11-24-27-17;3-2(4,5)1(6)7/h3-9,11H,10H2,1-2H3,(H,24,27)(H,25,31);(H,6,7). The Hall–Kier alpha value is -4.30. The number of carbonyl (C=O) groups is 2. The van der Waals surface area contributed by atoms with Crippen LogP contribution >= 0.6 is 23.1 Å². The van der Waals surface area contributed by atoms with Crippen LogP contribution < -0.4 is 5.32 Å². The van der Waals surface area contributed by atoms with Crippen molar-refractivity contribution >= 4 is 51.6 Å². The molecule has 0 aliphatic rings. The quantitative estimate of drug-likeness (QED) is 0.259. The van der Waals surface area contributed by atoms with Crippen molar-refractivity contribution in [1.29, 1.82) is 0 Å². The van der Waals surface area contributed by atoms with E-state index in [-0.39, 0.29) is 5.91 Å². The lowest BCUT2D eigenvalue weighted by atomic mass is 10.1. The zero-order chi connectivity index (χ0) is 28.3. The molecule has 10 nitrogen and oxygen atoms in total. The number of nitrogens with one attached hydrogen (secondary N) is 2. The summed E-state index contributed by atoms with van der Waals surface area (Å²) in [5.74, 6) is -2.37. The minimum Gasteiger partial charge on any atom is -0.475 e. The van der Waals surface area contributed by atoms with E-state index >= 15 is 0 Å². The van der Waals surface area contributed by atoms with Crippen LogP contribution in [0.3, 0.4) is 0 Å². The first kappa shape index (κ1) is 27.7. The van der Waals surface area contributed by atoms with Gasteiger partial charge < -0.3 is 10.4 Å². The van der Waals surface area contributed by atoms with Gasteiger partial charge in [0, 0.05) is 30.1 Å². The van der Waals surface area contributed by atoms with Crippen molar-refractivity contribution < 1.29 is 27.9 Å². The van der Waals surface area contributed by atoms with E-state index in [1.54, 1.807) is 24.0 Å². The van der Waals surface area contributed by atoms with Crippen molar-refractivity contribution in [3.8, 4) is 11.4 Å². The molecule has 0 unspecified atom stereocenters. The van der Waals surface area contributed by atoms with Crippen molar-refractivity contribution in [3.63, 3.8) is 0 Å². The van der Waals surface area contributed by atoms with Crippen LogP contribution in [0.4, 0.5) is 18.9 Å². The Labute approximate surface area is 227 Å². The number of carboxylic acids is 1. The predicted octanol–water partition coefficient (Wildman–Crippen LogP) is 5.25. The van der Waals surface area contributed by atoms with Crippen LogP contribution in [0.15, 0.2) is 48.7 Å². The Morgan fingerprint density at radius 2 is 1.95 bits per heavy atom. The van der Waals surface area contributed by atoms with Gasteiger partial charge >= 0.3 is 12.1 Å². The monoisotopic (exact) mass is 577 g/mol. The normalized spacial score (nSPS) is 11.2. The molecule has 0 spiro atoms. The van der Waals surface area contributed by atoms with E-state index in [1.165, 1.54) is 11.5 Å². The van der Waals surface area contributed by atoms with Crippen molar-refractivity contribution in [2.45, 2.75) is 19.5 Å². The second kappa shape index (κ2) is 11.2. The second-order valence-corrected chi connectivity index (χ2v) is 9.41. The Morgan fingerprint density at radius 1 is 1.21 bits per heavy atom. The highest BCUT2D eigenvalue weighted by Crippen LogP contribution is 2.29. The number of hydrogen-bond donors (Lipinski definition) is 3. The molecular weight excluding hydrogens is 559 g/mol. The zero-order valence-corrected chi connectivity index (χ0v) is 21.8. The summed E-state index contributed by atoms with van der Waals surface area (Å²) in [5.41, 5.74) is 4.64. The average Bonchev–Trinajstić information content (AvgIpc) is 3.61. The third-order valence-electron chi connectivity index (χ3n) is 5.30. The van der Waals surface area contributed by atoms with Crippen molar-refractivity contribution in [3.05, 3.63) is 75.6 Å². The van der Waals surface area contributed by atoms with Crippen LogP contribution in [0.2, 0.25) is 5.02 Å². The Balaban J connectivity index is 0.000000448. The first-order valence-electron chi connectivity index (χ1n) is 11.1. The Bertz CT molecular complexity index is 1660. The largest absolute Gasteiger partial charge is 0.490 e. The third-order valence-corrected chi connectivity index (χ3v) is 6.46.